The van der Waals surface area contributed by atoms with Crippen LogP contribution in [0.5, 0.6) is 0 Å². The molecule has 0 radical (unpaired) electrons. The fourth-order valence-corrected chi connectivity index (χ4v) is 1.82. The Morgan fingerprint density at radius 2 is 1.78 bits per heavy atom. The number of fused-ring (bicyclic) bond motifs is 1. The molecule has 0 heterocycles. The highest BCUT2D eigenvalue weighted by molar-refractivity contribution is 6.17. The number of carbonyl (C=O) groups excluding carboxylic acids is 1. The van der Waals surface area contributed by atoms with Gasteiger partial charge in [0, 0.05) is 11.1 Å². The summed E-state index contributed by atoms with van der Waals surface area (Å²) in [7, 11) is 1.48. The molecule has 0 saturated carbocycles. The predicted octanol–water partition coefficient (Wildman–Crippen LogP) is 2.21. The molecule has 18 heavy (non-hydrogen) atoms. The van der Waals surface area contributed by atoms with Crippen molar-refractivity contribution in [2.24, 2.45) is 0 Å². The molecule has 0 fully saturated rings. The highest BCUT2D eigenvalue weighted by Gasteiger charge is 2.25. The van der Waals surface area contributed by atoms with Crippen molar-refractivity contribution in [1.29, 1.82) is 10.5 Å². The topological polar surface area (TPSA) is 73.9 Å². The molecule has 0 N–H and O–H groups in total. The molecule has 0 aromatic heterocycles. The summed E-state index contributed by atoms with van der Waals surface area (Å²) in [4.78, 5) is 12.2. The number of nitriles is 2. The maximum Gasteiger partial charge on any atom is 0.195 e. The van der Waals surface area contributed by atoms with Gasteiger partial charge in [-0.15, -0.1) is 0 Å². The van der Waals surface area contributed by atoms with Crippen LogP contribution in [0.25, 0.3) is 5.76 Å². The normalized spacial score (nSPS) is 12.9. The Labute approximate surface area is 104 Å². The number of ether oxygens (including phenoxy) is 1. The molecule has 0 amide bonds. The molecule has 4 nitrogen and oxygen atoms in total. The first-order chi connectivity index (χ1) is 8.72. The number of hydrogen-bond donors (Lipinski definition) is 0. The summed E-state index contributed by atoms with van der Waals surface area (Å²) in [5.41, 5.74) is 0.985. The highest BCUT2D eigenvalue weighted by atomic mass is 16.5. The van der Waals surface area contributed by atoms with Gasteiger partial charge in [0.05, 0.1) is 12.7 Å². The summed E-state index contributed by atoms with van der Waals surface area (Å²) in [5.74, 6) is 0.146. The Morgan fingerprint density at radius 1 is 1.17 bits per heavy atom. The third kappa shape index (κ3) is 1.66. The van der Waals surface area contributed by atoms with Crippen LogP contribution in [0.15, 0.2) is 41.5 Å². The number of rotatable bonds is 1. The number of benzene rings is 1. The summed E-state index contributed by atoms with van der Waals surface area (Å²) in [6.45, 7) is 0. The van der Waals surface area contributed by atoms with Crippen molar-refractivity contribution in [1.82, 2.24) is 0 Å². The van der Waals surface area contributed by atoms with E-state index >= 15 is 0 Å². The lowest BCUT2D eigenvalue weighted by atomic mass is 9.89. The molecule has 2 rings (SSSR count). The lowest BCUT2D eigenvalue weighted by Gasteiger charge is -2.17. The zero-order valence-electron chi connectivity index (χ0n) is 9.60. The second-order valence-electron chi connectivity index (χ2n) is 3.60. The molecular weight excluding hydrogens is 228 g/mol. The summed E-state index contributed by atoms with van der Waals surface area (Å²) < 4.78 is 5.19. The number of hydrogen-bond acceptors (Lipinski definition) is 4. The first-order valence-corrected chi connectivity index (χ1v) is 5.17. The Hall–Kier alpha value is -2.85. The van der Waals surface area contributed by atoms with Crippen LogP contribution in [0.4, 0.5) is 0 Å². The van der Waals surface area contributed by atoms with Gasteiger partial charge >= 0.3 is 0 Å². The Morgan fingerprint density at radius 3 is 2.33 bits per heavy atom. The zero-order valence-corrected chi connectivity index (χ0v) is 9.60. The van der Waals surface area contributed by atoms with E-state index in [0.717, 1.165) is 0 Å². The van der Waals surface area contributed by atoms with E-state index in [0.29, 0.717) is 16.9 Å². The van der Waals surface area contributed by atoms with Crippen molar-refractivity contribution < 1.29 is 9.53 Å². The van der Waals surface area contributed by atoms with Crippen LogP contribution in [0.1, 0.15) is 15.9 Å². The first-order valence-electron chi connectivity index (χ1n) is 5.17. The SMILES string of the molecule is COC1=CC(=C(C#N)C#N)C(=O)c2ccccc21. The van der Waals surface area contributed by atoms with Gasteiger partial charge in [0.1, 0.15) is 23.5 Å². The van der Waals surface area contributed by atoms with Gasteiger partial charge in [-0.1, -0.05) is 24.3 Å². The van der Waals surface area contributed by atoms with Gasteiger partial charge in [0.25, 0.3) is 0 Å². The third-order valence-electron chi connectivity index (χ3n) is 2.67. The van der Waals surface area contributed by atoms with Gasteiger partial charge in [0.2, 0.25) is 0 Å². The minimum atomic E-state index is -0.329. The number of ketones is 1. The third-order valence-corrected chi connectivity index (χ3v) is 2.67. The van der Waals surface area contributed by atoms with Crippen LogP contribution in [0.3, 0.4) is 0 Å². The predicted molar refractivity (Wildman–Crippen MR) is 64.0 cm³/mol. The monoisotopic (exact) mass is 236 g/mol. The van der Waals surface area contributed by atoms with Crippen molar-refractivity contribution in [2.45, 2.75) is 0 Å². The fourth-order valence-electron chi connectivity index (χ4n) is 1.82. The van der Waals surface area contributed by atoms with Crippen molar-refractivity contribution >= 4 is 11.5 Å². The highest BCUT2D eigenvalue weighted by Crippen LogP contribution is 2.30. The van der Waals surface area contributed by atoms with E-state index in [4.69, 9.17) is 15.3 Å². The van der Waals surface area contributed by atoms with Crippen LogP contribution < -0.4 is 0 Å². The maximum absolute atomic E-state index is 12.2. The molecule has 0 aliphatic heterocycles. The fraction of sp³-hybridized carbons (Fsp3) is 0.0714. The first kappa shape index (κ1) is 11.6. The van der Waals surface area contributed by atoms with Crippen molar-refractivity contribution in [3.63, 3.8) is 0 Å². The number of nitrogens with zero attached hydrogens (tertiary/aromatic N) is 2. The minimum Gasteiger partial charge on any atom is -0.496 e. The van der Waals surface area contributed by atoms with Gasteiger partial charge in [-0.3, -0.25) is 4.79 Å². The maximum atomic E-state index is 12.2. The molecule has 0 saturated heterocycles. The lowest BCUT2D eigenvalue weighted by molar-refractivity contribution is 0.103. The molecule has 0 spiro atoms. The summed E-state index contributed by atoms with van der Waals surface area (Å²) in [6, 6.07) is 10.4. The number of carbonyl (C=O) groups is 1. The molecule has 0 atom stereocenters. The van der Waals surface area contributed by atoms with E-state index < -0.39 is 0 Å². The summed E-state index contributed by atoms with van der Waals surface area (Å²) >= 11 is 0. The average Bonchev–Trinajstić information content (AvgIpc) is 2.42. The van der Waals surface area contributed by atoms with Crippen molar-refractivity contribution in [2.75, 3.05) is 7.11 Å². The molecular formula is C14H8N2O2. The molecule has 1 aliphatic carbocycles. The summed E-state index contributed by atoms with van der Waals surface area (Å²) in [5, 5.41) is 17.7. The molecule has 0 unspecified atom stereocenters. The van der Waals surface area contributed by atoms with Crippen LogP contribution in [0.2, 0.25) is 0 Å². The smallest absolute Gasteiger partial charge is 0.195 e. The van der Waals surface area contributed by atoms with E-state index in [-0.39, 0.29) is 16.9 Å². The molecule has 86 valence electrons. The standard InChI is InChI=1S/C14H8N2O2/c1-18-13-6-12(9(7-15)8-16)14(17)11-5-3-2-4-10(11)13/h2-6H,1H3. The number of methoxy groups -OCH3 is 1. The zero-order chi connectivity index (χ0) is 13.1. The molecule has 4 heteroatoms. The Bertz CT molecular complexity index is 654. The van der Waals surface area contributed by atoms with Gasteiger partial charge in [0.15, 0.2) is 5.78 Å². The summed E-state index contributed by atoms with van der Waals surface area (Å²) in [6.07, 6.45) is 1.44. The Kier molecular flexibility index (Phi) is 2.95. The van der Waals surface area contributed by atoms with Gasteiger partial charge in [-0.25, -0.2) is 0 Å². The molecule has 1 aromatic carbocycles. The van der Waals surface area contributed by atoms with Crippen LogP contribution in [-0.2, 0) is 4.74 Å². The van der Waals surface area contributed by atoms with E-state index in [1.54, 1.807) is 36.4 Å². The lowest BCUT2D eigenvalue weighted by Crippen LogP contribution is -2.13. The second kappa shape index (κ2) is 4.57. The Balaban J connectivity index is 2.75. The van der Waals surface area contributed by atoms with E-state index in [9.17, 15) is 4.79 Å². The second-order valence-corrected chi connectivity index (χ2v) is 3.60. The van der Waals surface area contributed by atoms with Crippen molar-refractivity contribution in [3.05, 3.63) is 52.6 Å². The molecule has 1 aliphatic rings. The van der Waals surface area contributed by atoms with Crippen LogP contribution in [-0.4, -0.2) is 12.9 Å². The van der Waals surface area contributed by atoms with E-state index in [1.807, 2.05) is 0 Å². The van der Waals surface area contributed by atoms with Crippen molar-refractivity contribution in [3.8, 4) is 12.1 Å². The van der Waals surface area contributed by atoms with Crippen LogP contribution in [0, 0.1) is 22.7 Å². The molecule has 1 aromatic rings. The largest absolute Gasteiger partial charge is 0.496 e. The van der Waals surface area contributed by atoms with E-state index in [2.05, 4.69) is 0 Å². The van der Waals surface area contributed by atoms with Gasteiger partial charge in [-0.2, -0.15) is 10.5 Å². The minimum absolute atomic E-state index is 0.0792. The quantitative estimate of drug-likeness (QED) is 0.553. The number of Topliss-reactive ketones (excluding diaryl/α,β-unsaturated/α-hetero) is 1. The van der Waals surface area contributed by atoms with Crippen LogP contribution >= 0.6 is 0 Å². The van der Waals surface area contributed by atoms with Gasteiger partial charge < -0.3 is 4.74 Å². The average molecular weight is 236 g/mol. The van der Waals surface area contributed by atoms with E-state index in [1.165, 1.54) is 13.2 Å². The van der Waals surface area contributed by atoms with Gasteiger partial charge in [-0.05, 0) is 6.08 Å². The molecule has 0 bridgehead atoms. The number of allylic oxidation sites excluding steroid dienone is 3.